The monoisotopic (exact) mass is 543 g/mol. The first-order valence-electron chi connectivity index (χ1n) is 12.5. The number of carbonyl (C=O) groups excluding carboxylic acids is 2. The number of hydrogen-bond acceptors (Lipinski definition) is 6. The molecular formula is C31H26FNO5S. The summed E-state index contributed by atoms with van der Waals surface area (Å²) in [5, 5.41) is 1.70. The topological polar surface area (TPSA) is 65.1 Å². The fourth-order valence-corrected chi connectivity index (χ4v) is 5.02. The molecule has 0 radical (unpaired) electrons. The highest BCUT2D eigenvalue weighted by molar-refractivity contribution is 8.18. The molecule has 0 N–H and O–H groups in total. The minimum atomic E-state index is -0.360. The van der Waals surface area contributed by atoms with Crippen molar-refractivity contribution in [2.75, 3.05) is 19.8 Å². The molecular weight excluding hydrogens is 517 g/mol. The van der Waals surface area contributed by atoms with E-state index in [1.165, 1.54) is 17.0 Å². The first-order chi connectivity index (χ1) is 19.0. The Morgan fingerprint density at radius 3 is 2.46 bits per heavy atom. The maximum atomic E-state index is 13.2. The molecule has 0 aromatic heterocycles. The van der Waals surface area contributed by atoms with E-state index < -0.39 is 0 Å². The molecule has 1 fully saturated rings. The van der Waals surface area contributed by atoms with Gasteiger partial charge in [0.2, 0.25) is 0 Å². The summed E-state index contributed by atoms with van der Waals surface area (Å²) in [7, 11) is 0. The molecule has 4 aromatic carbocycles. The summed E-state index contributed by atoms with van der Waals surface area (Å²) in [5.41, 5.74) is 1.52. The van der Waals surface area contributed by atoms with E-state index in [9.17, 15) is 14.0 Å². The van der Waals surface area contributed by atoms with Crippen molar-refractivity contribution in [2.24, 2.45) is 0 Å². The smallest absolute Gasteiger partial charge is 0.293 e. The van der Waals surface area contributed by atoms with Crippen LogP contribution in [-0.4, -0.2) is 35.8 Å². The van der Waals surface area contributed by atoms with Crippen LogP contribution in [0.1, 0.15) is 18.1 Å². The number of amides is 2. The molecule has 1 aliphatic heterocycles. The summed E-state index contributed by atoms with van der Waals surface area (Å²) in [4.78, 5) is 27.1. The van der Waals surface area contributed by atoms with Gasteiger partial charge in [-0.05, 0) is 71.6 Å². The zero-order chi connectivity index (χ0) is 27.2. The van der Waals surface area contributed by atoms with Crippen LogP contribution < -0.4 is 14.2 Å². The largest absolute Gasteiger partial charge is 0.491 e. The molecule has 1 aliphatic rings. The molecule has 39 heavy (non-hydrogen) atoms. The van der Waals surface area contributed by atoms with Gasteiger partial charge in [0.1, 0.15) is 24.8 Å². The molecule has 0 bridgehead atoms. The van der Waals surface area contributed by atoms with Gasteiger partial charge >= 0.3 is 0 Å². The Kier molecular flexibility index (Phi) is 8.13. The van der Waals surface area contributed by atoms with E-state index in [-0.39, 0.29) is 36.7 Å². The molecule has 1 saturated heterocycles. The Morgan fingerprint density at radius 2 is 1.64 bits per heavy atom. The van der Waals surface area contributed by atoms with E-state index in [1.54, 1.807) is 36.4 Å². The first kappa shape index (κ1) is 26.3. The fourth-order valence-electron chi connectivity index (χ4n) is 4.16. The lowest BCUT2D eigenvalue weighted by atomic mass is 10.1. The summed E-state index contributed by atoms with van der Waals surface area (Å²) >= 11 is 0.898. The Bertz CT molecular complexity index is 1530. The SMILES string of the molecule is CCOc1cc(/C=C2\SC(=O)N(CCOc3cccc4ccccc34)C2=O)ccc1OCc1ccc(F)cc1. The second-order valence-corrected chi connectivity index (χ2v) is 9.71. The molecule has 0 unspecified atom stereocenters. The van der Waals surface area contributed by atoms with Gasteiger partial charge in [0.15, 0.2) is 11.5 Å². The molecule has 5 rings (SSSR count). The third-order valence-electron chi connectivity index (χ3n) is 6.07. The van der Waals surface area contributed by atoms with Crippen LogP contribution in [0, 0.1) is 5.82 Å². The normalized spacial score (nSPS) is 14.3. The van der Waals surface area contributed by atoms with Crippen molar-refractivity contribution in [3.8, 4) is 17.2 Å². The number of thioether (sulfide) groups is 1. The minimum Gasteiger partial charge on any atom is -0.491 e. The summed E-state index contributed by atoms with van der Waals surface area (Å²) in [6, 6.07) is 25.1. The van der Waals surface area contributed by atoms with Crippen molar-refractivity contribution in [3.63, 3.8) is 0 Å². The predicted octanol–water partition coefficient (Wildman–Crippen LogP) is 7.07. The van der Waals surface area contributed by atoms with Gasteiger partial charge in [-0.25, -0.2) is 4.39 Å². The number of rotatable bonds is 10. The lowest BCUT2D eigenvalue weighted by Gasteiger charge is -2.14. The van der Waals surface area contributed by atoms with E-state index in [0.29, 0.717) is 34.3 Å². The third-order valence-corrected chi connectivity index (χ3v) is 6.98. The van der Waals surface area contributed by atoms with E-state index in [4.69, 9.17) is 14.2 Å². The first-order valence-corrected chi connectivity index (χ1v) is 13.3. The van der Waals surface area contributed by atoms with Gasteiger partial charge in [0.25, 0.3) is 11.1 Å². The summed E-state index contributed by atoms with van der Waals surface area (Å²) in [5.74, 6) is 1.08. The van der Waals surface area contributed by atoms with E-state index in [2.05, 4.69) is 0 Å². The van der Waals surface area contributed by atoms with Crippen molar-refractivity contribution >= 4 is 39.8 Å². The molecule has 0 spiro atoms. The van der Waals surface area contributed by atoms with Gasteiger partial charge in [0.05, 0.1) is 18.1 Å². The quantitative estimate of drug-likeness (QED) is 0.199. The number of benzene rings is 4. The van der Waals surface area contributed by atoms with Crippen LogP contribution >= 0.6 is 11.8 Å². The van der Waals surface area contributed by atoms with E-state index in [0.717, 1.165) is 28.1 Å². The van der Waals surface area contributed by atoms with Crippen molar-refractivity contribution < 1.29 is 28.2 Å². The van der Waals surface area contributed by atoms with Crippen LogP contribution in [0.3, 0.4) is 0 Å². The molecule has 6 nitrogen and oxygen atoms in total. The molecule has 2 amide bonds. The van der Waals surface area contributed by atoms with Crippen LogP contribution in [0.25, 0.3) is 16.8 Å². The van der Waals surface area contributed by atoms with E-state index >= 15 is 0 Å². The van der Waals surface area contributed by atoms with Crippen LogP contribution in [0.4, 0.5) is 9.18 Å². The van der Waals surface area contributed by atoms with Gasteiger partial charge in [-0.2, -0.15) is 0 Å². The van der Waals surface area contributed by atoms with Gasteiger partial charge in [-0.15, -0.1) is 0 Å². The van der Waals surface area contributed by atoms with Gasteiger partial charge in [-0.3, -0.25) is 14.5 Å². The van der Waals surface area contributed by atoms with Gasteiger partial charge in [0, 0.05) is 5.39 Å². The maximum absolute atomic E-state index is 13.2. The summed E-state index contributed by atoms with van der Waals surface area (Å²) < 4.78 is 30.7. The predicted molar refractivity (Wildman–Crippen MR) is 150 cm³/mol. The molecule has 1 heterocycles. The third kappa shape index (κ3) is 6.23. The van der Waals surface area contributed by atoms with Crippen molar-refractivity contribution in [3.05, 3.63) is 107 Å². The average molecular weight is 544 g/mol. The molecule has 0 aliphatic carbocycles. The zero-order valence-corrected chi connectivity index (χ0v) is 22.1. The number of fused-ring (bicyclic) bond motifs is 1. The lowest BCUT2D eigenvalue weighted by Crippen LogP contribution is -2.32. The van der Waals surface area contributed by atoms with Crippen molar-refractivity contribution in [2.45, 2.75) is 13.5 Å². The van der Waals surface area contributed by atoms with Crippen LogP contribution in [0.2, 0.25) is 0 Å². The maximum Gasteiger partial charge on any atom is 0.293 e. The Balaban J connectivity index is 1.24. The minimum absolute atomic E-state index is 0.144. The summed E-state index contributed by atoms with van der Waals surface area (Å²) in [6.07, 6.45) is 1.67. The molecule has 8 heteroatoms. The summed E-state index contributed by atoms with van der Waals surface area (Å²) in [6.45, 7) is 2.87. The highest BCUT2D eigenvalue weighted by atomic mass is 32.2. The van der Waals surface area contributed by atoms with Crippen LogP contribution in [0.15, 0.2) is 89.8 Å². The molecule has 198 valence electrons. The Hall–Kier alpha value is -4.30. The molecule has 4 aromatic rings. The number of imide groups is 1. The number of hydrogen-bond donors (Lipinski definition) is 0. The van der Waals surface area contributed by atoms with Crippen molar-refractivity contribution in [1.82, 2.24) is 4.90 Å². The highest BCUT2D eigenvalue weighted by Crippen LogP contribution is 2.35. The Morgan fingerprint density at radius 1 is 0.846 bits per heavy atom. The van der Waals surface area contributed by atoms with Gasteiger partial charge in [-0.1, -0.05) is 54.6 Å². The Labute approximate surface area is 230 Å². The van der Waals surface area contributed by atoms with Crippen LogP contribution in [-0.2, 0) is 11.4 Å². The number of ether oxygens (including phenoxy) is 3. The molecule has 0 saturated carbocycles. The van der Waals surface area contributed by atoms with Gasteiger partial charge < -0.3 is 14.2 Å². The number of carbonyl (C=O) groups is 2. The second kappa shape index (κ2) is 12.0. The number of nitrogens with zero attached hydrogens (tertiary/aromatic N) is 1. The lowest BCUT2D eigenvalue weighted by molar-refractivity contribution is -0.123. The fraction of sp³-hybridized carbons (Fsp3) is 0.161. The second-order valence-electron chi connectivity index (χ2n) is 8.71. The van der Waals surface area contributed by atoms with Crippen LogP contribution in [0.5, 0.6) is 17.2 Å². The standard InChI is InChI=1S/C31H26FNO5S/c1-2-36-28-18-22(12-15-27(28)38-20-21-10-13-24(32)14-11-21)19-29-30(34)33(31(35)39-29)16-17-37-26-9-5-7-23-6-3-4-8-25(23)26/h3-15,18-19H,2,16-17,20H2,1H3/b29-19-. The zero-order valence-electron chi connectivity index (χ0n) is 21.3. The van der Waals surface area contributed by atoms with E-state index in [1.807, 2.05) is 49.4 Å². The highest BCUT2D eigenvalue weighted by Gasteiger charge is 2.34. The number of halogens is 1. The van der Waals surface area contributed by atoms with Crippen molar-refractivity contribution in [1.29, 1.82) is 0 Å². The average Bonchev–Trinajstić information content (AvgIpc) is 3.21. The molecule has 0 atom stereocenters.